The molecule has 1 aromatic carbocycles. The van der Waals surface area contributed by atoms with Crippen molar-refractivity contribution in [2.75, 3.05) is 7.05 Å². The standard InChI is InChI=1S/C16H23NO/c1-11-6-8-12(9-7-11)16(18)15-10-13-4-3-5-14(13)17(15)2/h6-9,13-16,18H,3-5,10H2,1-2H3/t13-,14-,15-,16-/m1/s1. The largest absolute Gasteiger partial charge is 0.387 e. The van der Waals surface area contributed by atoms with Crippen molar-refractivity contribution < 1.29 is 5.11 Å². The molecule has 0 aromatic heterocycles. The van der Waals surface area contributed by atoms with Gasteiger partial charge in [-0.3, -0.25) is 4.90 Å². The lowest BCUT2D eigenvalue weighted by molar-refractivity contribution is 0.0709. The first-order valence-electron chi connectivity index (χ1n) is 7.13. The molecule has 2 fully saturated rings. The molecule has 0 radical (unpaired) electrons. The van der Waals surface area contributed by atoms with E-state index in [1.54, 1.807) is 0 Å². The number of hydrogen-bond acceptors (Lipinski definition) is 2. The van der Waals surface area contributed by atoms with Crippen molar-refractivity contribution in [3.63, 3.8) is 0 Å². The molecule has 0 unspecified atom stereocenters. The molecule has 2 nitrogen and oxygen atoms in total. The smallest absolute Gasteiger partial charge is 0.0945 e. The second kappa shape index (κ2) is 4.67. The maximum absolute atomic E-state index is 10.6. The maximum atomic E-state index is 10.6. The zero-order valence-electron chi connectivity index (χ0n) is 11.3. The zero-order chi connectivity index (χ0) is 12.7. The van der Waals surface area contributed by atoms with Crippen LogP contribution in [0.2, 0.25) is 0 Å². The lowest BCUT2D eigenvalue weighted by Crippen LogP contribution is -2.36. The van der Waals surface area contributed by atoms with Crippen LogP contribution in [0.5, 0.6) is 0 Å². The summed E-state index contributed by atoms with van der Waals surface area (Å²) in [5, 5.41) is 10.6. The van der Waals surface area contributed by atoms with E-state index in [4.69, 9.17) is 0 Å². The van der Waals surface area contributed by atoms with Gasteiger partial charge in [0.1, 0.15) is 0 Å². The van der Waals surface area contributed by atoms with Crippen molar-refractivity contribution in [3.8, 4) is 0 Å². The summed E-state index contributed by atoms with van der Waals surface area (Å²) in [6, 6.07) is 9.35. The van der Waals surface area contributed by atoms with Crippen LogP contribution in [-0.2, 0) is 0 Å². The number of aliphatic hydroxyl groups is 1. The van der Waals surface area contributed by atoms with Crippen LogP contribution in [0.1, 0.15) is 42.9 Å². The second-order valence-electron chi connectivity index (χ2n) is 6.08. The Morgan fingerprint density at radius 3 is 2.61 bits per heavy atom. The molecule has 18 heavy (non-hydrogen) atoms. The Morgan fingerprint density at radius 2 is 1.94 bits per heavy atom. The molecule has 1 saturated heterocycles. The molecule has 0 spiro atoms. The van der Waals surface area contributed by atoms with Gasteiger partial charge in [-0.1, -0.05) is 36.2 Å². The van der Waals surface area contributed by atoms with E-state index in [1.165, 1.54) is 24.8 Å². The van der Waals surface area contributed by atoms with Gasteiger partial charge in [-0.25, -0.2) is 0 Å². The van der Waals surface area contributed by atoms with Gasteiger partial charge < -0.3 is 5.11 Å². The van der Waals surface area contributed by atoms with E-state index in [0.717, 1.165) is 23.9 Å². The van der Waals surface area contributed by atoms with Crippen molar-refractivity contribution in [2.24, 2.45) is 5.92 Å². The van der Waals surface area contributed by atoms with E-state index in [1.807, 2.05) is 0 Å². The zero-order valence-corrected chi connectivity index (χ0v) is 11.3. The summed E-state index contributed by atoms with van der Waals surface area (Å²) >= 11 is 0. The number of nitrogens with zero attached hydrogens (tertiary/aromatic N) is 1. The summed E-state index contributed by atoms with van der Waals surface area (Å²) in [6.07, 6.45) is 4.87. The summed E-state index contributed by atoms with van der Waals surface area (Å²) in [5.74, 6) is 0.820. The fourth-order valence-electron chi connectivity index (χ4n) is 3.89. The van der Waals surface area contributed by atoms with Gasteiger partial charge >= 0.3 is 0 Å². The normalized spacial score (nSPS) is 33.6. The molecule has 1 aliphatic heterocycles. The molecule has 1 saturated carbocycles. The predicted molar refractivity (Wildman–Crippen MR) is 73.4 cm³/mol. The van der Waals surface area contributed by atoms with Crippen LogP contribution in [0, 0.1) is 12.8 Å². The third kappa shape index (κ3) is 1.98. The summed E-state index contributed by atoms with van der Waals surface area (Å²) in [5.41, 5.74) is 2.32. The van der Waals surface area contributed by atoms with E-state index in [2.05, 4.69) is 43.1 Å². The Kier molecular flexibility index (Phi) is 3.16. The summed E-state index contributed by atoms with van der Waals surface area (Å²) in [6.45, 7) is 2.09. The SMILES string of the molecule is Cc1ccc([C@@H](O)[C@H]2C[C@H]3CCC[C@H]3N2C)cc1. The molecule has 2 aliphatic rings. The topological polar surface area (TPSA) is 23.5 Å². The maximum Gasteiger partial charge on any atom is 0.0945 e. The van der Waals surface area contributed by atoms with Crippen LogP contribution < -0.4 is 0 Å². The van der Waals surface area contributed by atoms with Gasteiger partial charge in [-0.05, 0) is 44.7 Å². The van der Waals surface area contributed by atoms with Gasteiger partial charge in [-0.2, -0.15) is 0 Å². The van der Waals surface area contributed by atoms with Crippen molar-refractivity contribution in [2.45, 2.75) is 50.8 Å². The molecule has 0 amide bonds. The minimum Gasteiger partial charge on any atom is -0.387 e. The summed E-state index contributed by atoms with van der Waals surface area (Å²) in [4.78, 5) is 2.43. The Labute approximate surface area is 110 Å². The van der Waals surface area contributed by atoms with E-state index < -0.39 is 0 Å². The first-order valence-corrected chi connectivity index (χ1v) is 7.13. The monoisotopic (exact) mass is 245 g/mol. The first kappa shape index (κ1) is 12.2. The molecule has 2 heteroatoms. The third-order valence-electron chi connectivity index (χ3n) is 4.99. The number of likely N-dealkylation sites (tertiary alicyclic amines) is 1. The van der Waals surface area contributed by atoms with Gasteiger partial charge in [-0.15, -0.1) is 0 Å². The van der Waals surface area contributed by atoms with E-state index >= 15 is 0 Å². The second-order valence-corrected chi connectivity index (χ2v) is 6.08. The van der Waals surface area contributed by atoms with Crippen LogP contribution in [0.25, 0.3) is 0 Å². The lowest BCUT2D eigenvalue weighted by Gasteiger charge is -2.29. The van der Waals surface area contributed by atoms with Crippen LogP contribution in [0.15, 0.2) is 24.3 Å². The number of benzene rings is 1. The predicted octanol–water partition coefficient (Wildman–Crippen LogP) is 2.90. The number of fused-ring (bicyclic) bond motifs is 1. The van der Waals surface area contributed by atoms with Crippen LogP contribution in [0.4, 0.5) is 0 Å². The van der Waals surface area contributed by atoms with Crippen molar-refractivity contribution >= 4 is 0 Å². The summed E-state index contributed by atoms with van der Waals surface area (Å²) < 4.78 is 0. The number of likely N-dealkylation sites (N-methyl/N-ethyl adjacent to an activating group) is 1. The molecule has 0 bridgehead atoms. The fourth-order valence-corrected chi connectivity index (χ4v) is 3.89. The Balaban J connectivity index is 1.77. The van der Waals surface area contributed by atoms with Crippen molar-refractivity contribution in [1.82, 2.24) is 4.90 Å². The van der Waals surface area contributed by atoms with Crippen molar-refractivity contribution in [1.29, 1.82) is 0 Å². The van der Waals surface area contributed by atoms with Gasteiger partial charge in [0, 0.05) is 12.1 Å². The molecule has 98 valence electrons. The van der Waals surface area contributed by atoms with Gasteiger partial charge in [0.2, 0.25) is 0 Å². The van der Waals surface area contributed by atoms with Crippen molar-refractivity contribution in [3.05, 3.63) is 35.4 Å². The Morgan fingerprint density at radius 1 is 1.22 bits per heavy atom. The highest BCUT2D eigenvalue weighted by atomic mass is 16.3. The Hall–Kier alpha value is -0.860. The number of aliphatic hydroxyl groups excluding tert-OH is 1. The number of aryl methyl sites for hydroxylation is 1. The molecule has 1 heterocycles. The molecular weight excluding hydrogens is 222 g/mol. The van der Waals surface area contributed by atoms with Gasteiger partial charge in [0.25, 0.3) is 0 Å². The molecule has 4 atom stereocenters. The fraction of sp³-hybridized carbons (Fsp3) is 0.625. The highest BCUT2D eigenvalue weighted by Crippen LogP contribution is 2.43. The van der Waals surface area contributed by atoms with E-state index in [-0.39, 0.29) is 6.10 Å². The quantitative estimate of drug-likeness (QED) is 0.866. The van der Waals surface area contributed by atoms with Gasteiger partial charge in [0.05, 0.1) is 6.10 Å². The molecule has 1 aromatic rings. The summed E-state index contributed by atoms with van der Waals surface area (Å²) in [7, 11) is 2.19. The molecular formula is C16H23NO. The Bertz CT molecular complexity index is 414. The average Bonchev–Trinajstić information content (AvgIpc) is 2.93. The molecule has 1 N–H and O–H groups in total. The minimum absolute atomic E-state index is 0.308. The highest BCUT2D eigenvalue weighted by Gasteiger charge is 2.44. The lowest BCUT2D eigenvalue weighted by atomic mass is 9.95. The number of hydrogen-bond donors (Lipinski definition) is 1. The van der Waals surface area contributed by atoms with Crippen LogP contribution >= 0.6 is 0 Å². The average molecular weight is 245 g/mol. The van der Waals surface area contributed by atoms with E-state index in [9.17, 15) is 5.11 Å². The first-order chi connectivity index (χ1) is 8.66. The highest BCUT2D eigenvalue weighted by molar-refractivity contribution is 5.24. The van der Waals surface area contributed by atoms with Crippen LogP contribution in [-0.4, -0.2) is 29.1 Å². The van der Waals surface area contributed by atoms with E-state index in [0.29, 0.717) is 6.04 Å². The minimum atomic E-state index is -0.332. The third-order valence-corrected chi connectivity index (χ3v) is 4.99. The molecule has 3 rings (SSSR count). The molecule has 1 aliphatic carbocycles. The van der Waals surface area contributed by atoms with Crippen LogP contribution in [0.3, 0.4) is 0 Å². The number of rotatable bonds is 2. The van der Waals surface area contributed by atoms with Gasteiger partial charge in [0.15, 0.2) is 0 Å².